The molecule has 0 rings (SSSR count). The summed E-state index contributed by atoms with van der Waals surface area (Å²) in [4.78, 5) is 38.3. The quantitative estimate of drug-likeness (QED) is 0.0261. The van der Waals surface area contributed by atoms with E-state index >= 15 is 0 Å². The van der Waals surface area contributed by atoms with Crippen molar-refractivity contribution in [3.8, 4) is 0 Å². The van der Waals surface area contributed by atoms with Crippen LogP contribution in [0.3, 0.4) is 0 Å². The third kappa shape index (κ3) is 66.7. The molecule has 6 nitrogen and oxygen atoms in total. The zero-order valence-corrected chi connectivity index (χ0v) is 54.4. The maximum Gasteiger partial charge on any atom is 0.306 e. The first-order valence-electron chi connectivity index (χ1n) is 36.3. The van der Waals surface area contributed by atoms with Gasteiger partial charge >= 0.3 is 17.9 Å². The number of hydrogen-bond donors (Lipinski definition) is 0. The summed E-state index contributed by atoms with van der Waals surface area (Å²) < 4.78 is 17.0. The Kier molecular flexibility index (Phi) is 67.6. The van der Waals surface area contributed by atoms with E-state index < -0.39 is 6.10 Å². The molecule has 0 aromatic heterocycles. The lowest BCUT2D eigenvalue weighted by atomic mass is 10.0. The van der Waals surface area contributed by atoms with Crippen molar-refractivity contribution < 1.29 is 28.6 Å². The molecule has 6 heteroatoms. The summed E-state index contributed by atoms with van der Waals surface area (Å²) in [5.41, 5.74) is 0. The summed E-state index contributed by atoms with van der Waals surface area (Å²) in [5, 5.41) is 0. The first kappa shape index (κ1) is 77.9. The van der Waals surface area contributed by atoms with Crippen LogP contribution in [0, 0.1) is 0 Å². The molecule has 472 valence electrons. The molecule has 0 radical (unpaired) electrons. The van der Waals surface area contributed by atoms with Gasteiger partial charge in [-0.15, -0.1) is 0 Å². The number of carbonyl (C=O) groups is 3. The van der Waals surface area contributed by atoms with Crippen LogP contribution in [-0.2, 0) is 28.6 Å². The van der Waals surface area contributed by atoms with Crippen LogP contribution in [0.25, 0.3) is 0 Å². The topological polar surface area (TPSA) is 78.9 Å². The monoisotopic (exact) mass is 1130 g/mol. The van der Waals surface area contributed by atoms with Gasteiger partial charge in [0.05, 0.1) is 0 Å². The minimum absolute atomic E-state index is 0.0667. The molecule has 0 heterocycles. The second kappa shape index (κ2) is 69.4. The standard InChI is InChI=1S/C74H140O6/c1-4-7-10-13-16-19-22-24-26-28-30-31-32-33-34-35-36-37-38-39-40-41-42-44-45-47-49-52-55-58-61-64-67-73(76)79-70-71(69-78-72(75)66-63-60-57-54-51-21-18-15-12-9-6-3)80-74(77)68-65-62-59-56-53-50-48-46-43-29-27-25-23-20-17-14-11-8-5-2/h17,20,25,27,71H,4-16,18-19,21-24,26,28-70H2,1-3H3/b20-17-,27-25-. The van der Waals surface area contributed by atoms with E-state index in [1.54, 1.807) is 0 Å². The molecular formula is C74H140O6. The van der Waals surface area contributed by atoms with Crippen LogP contribution >= 0.6 is 0 Å². The average molecular weight is 1130 g/mol. The molecule has 1 atom stereocenters. The molecule has 0 saturated heterocycles. The number of carbonyl (C=O) groups excluding carboxylic acids is 3. The van der Waals surface area contributed by atoms with Gasteiger partial charge in [-0.05, 0) is 51.4 Å². The summed E-state index contributed by atoms with van der Waals surface area (Å²) >= 11 is 0. The second-order valence-corrected chi connectivity index (χ2v) is 24.9. The van der Waals surface area contributed by atoms with Gasteiger partial charge in [0, 0.05) is 19.3 Å². The Labute approximate surface area is 500 Å². The SMILES string of the molecule is CCCCC/C=C\C/C=C\CCCCCCCCCCCC(=O)OC(COC(=O)CCCCCCCCCCCCC)COC(=O)CCCCCCCCCCCCCCCCCCCCCCCCCCCCCCCCCC. The summed E-state index contributed by atoms with van der Waals surface area (Å²) in [7, 11) is 0. The number of esters is 3. The van der Waals surface area contributed by atoms with Gasteiger partial charge in [-0.2, -0.15) is 0 Å². The molecule has 0 amide bonds. The van der Waals surface area contributed by atoms with Crippen molar-refractivity contribution in [1.29, 1.82) is 0 Å². The molecular weight excluding hydrogens is 985 g/mol. The van der Waals surface area contributed by atoms with Gasteiger partial charge in [-0.25, -0.2) is 0 Å². The Bertz CT molecular complexity index is 1290. The van der Waals surface area contributed by atoms with Crippen molar-refractivity contribution in [2.45, 2.75) is 419 Å². The number of unbranched alkanes of at least 4 members (excludes halogenated alkanes) is 53. The zero-order valence-electron chi connectivity index (χ0n) is 54.4. The van der Waals surface area contributed by atoms with Gasteiger partial charge in [0.15, 0.2) is 6.10 Å². The molecule has 0 aliphatic heterocycles. The normalized spacial score (nSPS) is 12.1. The number of rotatable bonds is 68. The fourth-order valence-corrected chi connectivity index (χ4v) is 11.2. The second-order valence-electron chi connectivity index (χ2n) is 24.9. The van der Waals surface area contributed by atoms with Crippen molar-refractivity contribution in [2.24, 2.45) is 0 Å². The third-order valence-corrected chi connectivity index (χ3v) is 16.7. The summed E-state index contributed by atoms with van der Waals surface area (Å²) in [5.74, 6) is -0.842. The number of allylic oxidation sites excluding steroid dienone is 4. The van der Waals surface area contributed by atoms with E-state index in [1.165, 1.54) is 308 Å². The summed E-state index contributed by atoms with van der Waals surface area (Å²) in [6, 6.07) is 0. The van der Waals surface area contributed by atoms with Gasteiger partial charge in [0.1, 0.15) is 13.2 Å². The first-order valence-corrected chi connectivity index (χ1v) is 36.3. The Hall–Kier alpha value is -2.11. The van der Waals surface area contributed by atoms with E-state index in [9.17, 15) is 14.4 Å². The first-order chi connectivity index (χ1) is 39.5. The molecule has 0 fully saturated rings. The van der Waals surface area contributed by atoms with Crippen LogP contribution < -0.4 is 0 Å². The Balaban J connectivity index is 4.07. The van der Waals surface area contributed by atoms with E-state index in [1.807, 2.05) is 0 Å². The predicted molar refractivity (Wildman–Crippen MR) is 349 cm³/mol. The lowest BCUT2D eigenvalue weighted by Gasteiger charge is -2.18. The Morgan fingerprint density at radius 1 is 0.250 bits per heavy atom. The molecule has 0 bridgehead atoms. The third-order valence-electron chi connectivity index (χ3n) is 16.7. The van der Waals surface area contributed by atoms with E-state index in [0.717, 1.165) is 64.2 Å². The van der Waals surface area contributed by atoms with Crippen LogP contribution in [0.4, 0.5) is 0 Å². The fraction of sp³-hybridized carbons (Fsp3) is 0.905. The molecule has 0 N–H and O–H groups in total. The van der Waals surface area contributed by atoms with Crippen LogP contribution in [0.5, 0.6) is 0 Å². The molecule has 0 aromatic rings. The lowest BCUT2D eigenvalue weighted by Crippen LogP contribution is -2.30. The number of ether oxygens (including phenoxy) is 3. The molecule has 80 heavy (non-hydrogen) atoms. The molecule has 1 unspecified atom stereocenters. The van der Waals surface area contributed by atoms with Crippen LogP contribution in [0.15, 0.2) is 24.3 Å². The van der Waals surface area contributed by atoms with Crippen molar-refractivity contribution in [1.82, 2.24) is 0 Å². The lowest BCUT2D eigenvalue weighted by molar-refractivity contribution is -0.167. The van der Waals surface area contributed by atoms with Gasteiger partial charge in [-0.1, -0.05) is 366 Å². The van der Waals surface area contributed by atoms with Gasteiger partial charge in [0.25, 0.3) is 0 Å². The highest BCUT2D eigenvalue weighted by Crippen LogP contribution is 2.19. The zero-order chi connectivity index (χ0) is 57.8. The molecule has 0 aliphatic rings. The average Bonchev–Trinajstić information content (AvgIpc) is 3.46. The van der Waals surface area contributed by atoms with E-state index in [2.05, 4.69) is 45.1 Å². The Morgan fingerprint density at radius 2 is 0.450 bits per heavy atom. The van der Waals surface area contributed by atoms with Gasteiger partial charge < -0.3 is 14.2 Å². The van der Waals surface area contributed by atoms with Crippen molar-refractivity contribution in [3.63, 3.8) is 0 Å². The van der Waals surface area contributed by atoms with Crippen LogP contribution in [0.2, 0.25) is 0 Å². The van der Waals surface area contributed by atoms with Crippen LogP contribution in [0.1, 0.15) is 412 Å². The maximum absolute atomic E-state index is 12.9. The van der Waals surface area contributed by atoms with Gasteiger partial charge in [-0.3, -0.25) is 14.4 Å². The van der Waals surface area contributed by atoms with E-state index in [-0.39, 0.29) is 31.1 Å². The van der Waals surface area contributed by atoms with Crippen LogP contribution in [-0.4, -0.2) is 37.2 Å². The Morgan fingerprint density at radius 3 is 0.713 bits per heavy atom. The predicted octanol–water partition coefficient (Wildman–Crippen LogP) is 25.0. The van der Waals surface area contributed by atoms with Crippen molar-refractivity contribution in [3.05, 3.63) is 24.3 Å². The minimum Gasteiger partial charge on any atom is -0.462 e. The molecule has 0 saturated carbocycles. The fourth-order valence-electron chi connectivity index (χ4n) is 11.2. The van der Waals surface area contributed by atoms with Gasteiger partial charge in [0.2, 0.25) is 0 Å². The highest BCUT2D eigenvalue weighted by atomic mass is 16.6. The molecule has 0 aromatic carbocycles. The minimum atomic E-state index is -0.770. The summed E-state index contributed by atoms with van der Waals surface area (Å²) in [6.45, 7) is 6.68. The van der Waals surface area contributed by atoms with Crippen molar-refractivity contribution in [2.75, 3.05) is 13.2 Å². The maximum atomic E-state index is 12.9. The number of hydrogen-bond acceptors (Lipinski definition) is 6. The highest BCUT2D eigenvalue weighted by Gasteiger charge is 2.19. The highest BCUT2D eigenvalue weighted by molar-refractivity contribution is 5.71. The summed E-state index contributed by atoms with van der Waals surface area (Å²) in [6.07, 6.45) is 85.2. The van der Waals surface area contributed by atoms with E-state index in [0.29, 0.717) is 19.3 Å². The molecule has 0 aliphatic carbocycles. The van der Waals surface area contributed by atoms with Crippen molar-refractivity contribution >= 4 is 17.9 Å². The molecule has 0 spiro atoms. The smallest absolute Gasteiger partial charge is 0.306 e. The largest absolute Gasteiger partial charge is 0.462 e. The van der Waals surface area contributed by atoms with E-state index in [4.69, 9.17) is 14.2 Å².